The molecule has 16 heteroatoms. The van der Waals surface area contributed by atoms with Crippen molar-refractivity contribution in [2.45, 2.75) is 61.4 Å². The molecule has 16 nitrogen and oxygen atoms in total. The van der Waals surface area contributed by atoms with E-state index in [1.807, 2.05) is 0 Å². The maximum Gasteiger partial charge on any atom is 0.229 e. The lowest BCUT2D eigenvalue weighted by Crippen LogP contribution is -2.65. The minimum Gasteiger partial charge on any atom is -0.493 e. The lowest BCUT2D eigenvalue weighted by atomic mass is 9.97. The second-order valence-corrected chi connectivity index (χ2v) is 10.7. The van der Waals surface area contributed by atoms with E-state index in [0.29, 0.717) is 17.1 Å². The Hall–Kier alpha value is -3.55. The number of methoxy groups -OCH3 is 3. The lowest BCUT2D eigenvalue weighted by Gasteiger charge is -2.45. The molecule has 0 unspecified atom stereocenters. The quantitative estimate of drug-likeness (QED) is 0.132. The summed E-state index contributed by atoms with van der Waals surface area (Å²) in [5, 5.41) is 72.0. The molecule has 7 N–H and O–H groups in total. The fourth-order valence-electron chi connectivity index (χ4n) is 5.36. The summed E-state index contributed by atoms with van der Waals surface area (Å²) in [6.07, 6.45) is -15.2. The highest BCUT2D eigenvalue weighted by Crippen LogP contribution is 2.37. The molecule has 2 aromatic carbocycles. The first-order valence-corrected chi connectivity index (χ1v) is 14.2. The average molecular weight is 653 g/mol. The summed E-state index contributed by atoms with van der Waals surface area (Å²) < 4.78 is 44.2. The van der Waals surface area contributed by atoms with Crippen LogP contribution in [0.15, 0.2) is 45.8 Å². The Morgan fingerprint density at radius 1 is 0.696 bits per heavy atom. The summed E-state index contributed by atoms with van der Waals surface area (Å²) in [7, 11) is 4.28. The van der Waals surface area contributed by atoms with Crippen LogP contribution in [0.2, 0.25) is 0 Å². The van der Waals surface area contributed by atoms with Crippen LogP contribution < -0.4 is 24.4 Å². The molecular weight excluding hydrogens is 616 g/mol. The topological polar surface area (TPSA) is 236 Å². The van der Waals surface area contributed by atoms with Crippen molar-refractivity contribution in [1.29, 1.82) is 0 Å². The van der Waals surface area contributed by atoms with E-state index < -0.39 is 80.1 Å². The van der Waals surface area contributed by atoms with Gasteiger partial charge in [0.2, 0.25) is 11.7 Å². The van der Waals surface area contributed by atoms with Gasteiger partial charge in [0.25, 0.3) is 0 Å². The van der Waals surface area contributed by atoms with E-state index in [1.165, 1.54) is 39.7 Å². The maximum atomic E-state index is 13.5. The molecule has 5 rings (SSSR count). The SMILES string of the molecule is COc1ccc(-c2coc3cc(O[C@@H]4O[C@H](CO)[C@@H](O)[C@H](O[C@@H]5O[C@H](CO)[C@@H](O)[C@H](O)[C@H]5O)[C@H]4O)c(OC)cc3c2=O)cc1OC. The zero-order chi connectivity index (χ0) is 33.3. The Bertz CT molecular complexity index is 1560. The smallest absolute Gasteiger partial charge is 0.229 e. The number of aliphatic hydroxyl groups is 7. The second kappa shape index (κ2) is 14.1. The molecule has 2 aliphatic heterocycles. The predicted octanol–water partition coefficient (Wildman–Crippen LogP) is -1.51. The number of fused-ring (bicyclic) bond motifs is 1. The van der Waals surface area contributed by atoms with Crippen LogP contribution in [0, 0.1) is 0 Å². The van der Waals surface area contributed by atoms with Crippen LogP contribution in [-0.4, -0.2) is 132 Å². The molecule has 0 aliphatic carbocycles. The number of hydrogen-bond acceptors (Lipinski definition) is 16. The third kappa shape index (κ3) is 6.24. The molecule has 0 amide bonds. The Labute approximate surface area is 261 Å². The summed E-state index contributed by atoms with van der Waals surface area (Å²) in [5.41, 5.74) is 0.417. The third-order valence-corrected chi connectivity index (χ3v) is 7.96. The Balaban J connectivity index is 1.43. The third-order valence-electron chi connectivity index (χ3n) is 7.96. The lowest BCUT2D eigenvalue weighted by molar-refractivity contribution is -0.352. The van der Waals surface area contributed by atoms with Gasteiger partial charge in [-0.15, -0.1) is 0 Å². The summed E-state index contributed by atoms with van der Waals surface area (Å²) in [6, 6.07) is 7.65. The second-order valence-electron chi connectivity index (χ2n) is 10.7. The highest BCUT2D eigenvalue weighted by molar-refractivity contribution is 5.85. The van der Waals surface area contributed by atoms with Gasteiger partial charge in [-0.3, -0.25) is 4.79 Å². The normalized spacial score (nSPS) is 31.4. The van der Waals surface area contributed by atoms with Crippen molar-refractivity contribution in [2.75, 3.05) is 34.5 Å². The first-order chi connectivity index (χ1) is 22.1. The minimum absolute atomic E-state index is 0.0399. The summed E-state index contributed by atoms with van der Waals surface area (Å²) >= 11 is 0. The largest absolute Gasteiger partial charge is 0.493 e. The Morgan fingerprint density at radius 2 is 1.33 bits per heavy atom. The van der Waals surface area contributed by atoms with Crippen molar-refractivity contribution < 1.29 is 73.3 Å². The average Bonchev–Trinajstić information content (AvgIpc) is 3.07. The van der Waals surface area contributed by atoms with E-state index in [4.69, 9.17) is 37.6 Å². The van der Waals surface area contributed by atoms with Gasteiger partial charge in [0.1, 0.15) is 60.7 Å². The fraction of sp³-hybridized carbons (Fsp3) is 0.500. The Kier molecular flexibility index (Phi) is 10.3. The van der Waals surface area contributed by atoms with Gasteiger partial charge >= 0.3 is 0 Å². The number of aliphatic hydroxyl groups excluding tert-OH is 7. The van der Waals surface area contributed by atoms with Crippen LogP contribution in [0.5, 0.6) is 23.0 Å². The summed E-state index contributed by atoms with van der Waals surface area (Å²) in [6.45, 7) is -1.48. The van der Waals surface area contributed by atoms with Crippen molar-refractivity contribution in [2.24, 2.45) is 0 Å². The molecule has 252 valence electrons. The van der Waals surface area contributed by atoms with Gasteiger partial charge in [0.15, 0.2) is 29.3 Å². The standard InChI is InChI=1S/C30H36O16/c1-39-15-5-4-12(6-17(15)40-2)14-11-42-16-8-19(18(41-3)7-13(16)22(14)33)43-30-27(38)28(24(35)21(10-32)45-30)46-29-26(37)25(36)23(34)20(9-31)44-29/h4-8,11,20-21,23-32,34-38H,9-10H2,1-3H3/t20-,21-,23-,24-,25+,26-,27-,28+,29+,30-/m1/s1. The van der Waals surface area contributed by atoms with Crippen molar-refractivity contribution in [3.8, 4) is 34.1 Å². The van der Waals surface area contributed by atoms with Gasteiger partial charge in [-0.2, -0.15) is 0 Å². The highest BCUT2D eigenvalue weighted by atomic mass is 16.7. The zero-order valence-electron chi connectivity index (χ0n) is 25.0. The van der Waals surface area contributed by atoms with Gasteiger partial charge in [-0.05, 0) is 23.8 Å². The molecule has 0 bridgehead atoms. The number of rotatable bonds is 10. The van der Waals surface area contributed by atoms with Gasteiger partial charge in [-0.25, -0.2) is 0 Å². The number of benzene rings is 2. The van der Waals surface area contributed by atoms with Crippen LogP contribution in [0.3, 0.4) is 0 Å². The van der Waals surface area contributed by atoms with Crippen LogP contribution in [-0.2, 0) is 14.2 Å². The Morgan fingerprint density at radius 3 is 1.98 bits per heavy atom. The van der Waals surface area contributed by atoms with E-state index in [-0.39, 0.29) is 28.0 Å². The van der Waals surface area contributed by atoms with E-state index in [1.54, 1.807) is 18.2 Å². The van der Waals surface area contributed by atoms with Gasteiger partial charge in [-0.1, -0.05) is 6.07 Å². The van der Waals surface area contributed by atoms with Gasteiger partial charge < -0.3 is 73.3 Å². The van der Waals surface area contributed by atoms with E-state index in [2.05, 4.69) is 0 Å². The molecule has 2 fully saturated rings. The molecule has 0 radical (unpaired) electrons. The van der Waals surface area contributed by atoms with Crippen molar-refractivity contribution in [3.63, 3.8) is 0 Å². The molecule has 3 aromatic rings. The molecule has 0 spiro atoms. The molecule has 2 saturated heterocycles. The molecular formula is C30H36O16. The fourth-order valence-corrected chi connectivity index (χ4v) is 5.36. The first-order valence-electron chi connectivity index (χ1n) is 14.2. The van der Waals surface area contributed by atoms with Crippen LogP contribution >= 0.6 is 0 Å². The maximum absolute atomic E-state index is 13.5. The van der Waals surface area contributed by atoms with Gasteiger partial charge in [0.05, 0.1) is 45.5 Å². The highest BCUT2D eigenvalue weighted by Gasteiger charge is 2.51. The van der Waals surface area contributed by atoms with Crippen molar-refractivity contribution in [1.82, 2.24) is 0 Å². The van der Waals surface area contributed by atoms with Crippen LogP contribution in [0.25, 0.3) is 22.1 Å². The monoisotopic (exact) mass is 652 g/mol. The van der Waals surface area contributed by atoms with E-state index in [9.17, 15) is 40.5 Å². The molecule has 3 heterocycles. The molecule has 46 heavy (non-hydrogen) atoms. The van der Waals surface area contributed by atoms with E-state index in [0.717, 1.165) is 0 Å². The van der Waals surface area contributed by atoms with Gasteiger partial charge in [0, 0.05) is 6.07 Å². The molecule has 1 aromatic heterocycles. The predicted molar refractivity (Wildman–Crippen MR) is 155 cm³/mol. The number of hydrogen-bond donors (Lipinski definition) is 7. The summed E-state index contributed by atoms with van der Waals surface area (Å²) in [5.74, 6) is 0.870. The number of ether oxygens (including phenoxy) is 7. The molecule has 0 saturated carbocycles. The van der Waals surface area contributed by atoms with Crippen molar-refractivity contribution in [3.05, 3.63) is 46.8 Å². The molecule has 10 atom stereocenters. The minimum atomic E-state index is -1.83. The van der Waals surface area contributed by atoms with E-state index >= 15 is 0 Å². The van der Waals surface area contributed by atoms with Crippen LogP contribution in [0.4, 0.5) is 0 Å². The zero-order valence-corrected chi connectivity index (χ0v) is 25.0. The molecule has 2 aliphatic rings. The van der Waals surface area contributed by atoms with Crippen LogP contribution in [0.1, 0.15) is 0 Å². The van der Waals surface area contributed by atoms with Crippen molar-refractivity contribution >= 4 is 11.0 Å². The summed E-state index contributed by atoms with van der Waals surface area (Å²) in [4.78, 5) is 13.5. The first kappa shape index (κ1) is 33.8.